The zero-order chi connectivity index (χ0) is 15.4. The first-order chi connectivity index (χ1) is 10.0. The molecule has 0 bridgehead atoms. The molecule has 0 aliphatic carbocycles. The summed E-state index contributed by atoms with van der Waals surface area (Å²) in [5.74, 6) is -0.486. The van der Waals surface area contributed by atoms with E-state index in [4.69, 9.17) is 0 Å². The SMILES string of the molecule is CCc1ccc(C(C)NC(=O)c2ccc(F)c(C)c2)cc1. The molecule has 0 heterocycles. The predicted octanol–water partition coefficient (Wildman–Crippen LogP) is 4.19. The number of rotatable bonds is 4. The van der Waals surface area contributed by atoms with Crippen LogP contribution in [-0.4, -0.2) is 5.91 Å². The summed E-state index contributed by atoms with van der Waals surface area (Å²) in [5, 5.41) is 2.94. The van der Waals surface area contributed by atoms with Crippen molar-refractivity contribution in [3.8, 4) is 0 Å². The van der Waals surface area contributed by atoms with E-state index in [1.54, 1.807) is 13.0 Å². The van der Waals surface area contributed by atoms with Gasteiger partial charge in [-0.3, -0.25) is 4.79 Å². The molecule has 2 aromatic rings. The number of halogens is 1. The van der Waals surface area contributed by atoms with Gasteiger partial charge in [-0.2, -0.15) is 0 Å². The Labute approximate surface area is 125 Å². The Balaban J connectivity index is 2.08. The van der Waals surface area contributed by atoms with E-state index in [0.29, 0.717) is 11.1 Å². The second-order valence-electron chi connectivity index (χ2n) is 5.25. The average molecular weight is 285 g/mol. The van der Waals surface area contributed by atoms with E-state index in [1.165, 1.54) is 17.7 Å². The third-order valence-electron chi connectivity index (χ3n) is 3.66. The Morgan fingerprint density at radius 1 is 1.19 bits per heavy atom. The van der Waals surface area contributed by atoms with Crippen LogP contribution in [0.25, 0.3) is 0 Å². The van der Waals surface area contributed by atoms with Crippen molar-refractivity contribution >= 4 is 5.91 Å². The topological polar surface area (TPSA) is 29.1 Å². The van der Waals surface area contributed by atoms with E-state index in [0.717, 1.165) is 12.0 Å². The molecule has 3 heteroatoms. The highest BCUT2D eigenvalue weighted by atomic mass is 19.1. The van der Waals surface area contributed by atoms with Gasteiger partial charge < -0.3 is 5.32 Å². The van der Waals surface area contributed by atoms with Gasteiger partial charge in [0.15, 0.2) is 0 Å². The van der Waals surface area contributed by atoms with E-state index in [9.17, 15) is 9.18 Å². The van der Waals surface area contributed by atoms with Gasteiger partial charge in [-0.25, -0.2) is 4.39 Å². The van der Waals surface area contributed by atoms with Crippen molar-refractivity contribution in [3.05, 3.63) is 70.5 Å². The number of hydrogen-bond donors (Lipinski definition) is 1. The Morgan fingerprint density at radius 3 is 2.43 bits per heavy atom. The third-order valence-corrected chi connectivity index (χ3v) is 3.66. The first-order valence-electron chi connectivity index (χ1n) is 7.17. The number of amides is 1. The molecule has 1 amide bonds. The van der Waals surface area contributed by atoms with Crippen LogP contribution in [0.15, 0.2) is 42.5 Å². The lowest BCUT2D eigenvalue weighted by atomic mass is 10.0. The monoisotopic (exact) mass is 285 g/mol. The summed E-state index contributed by atoms with van der Waals surface area (Å²) in [5.41, 5.74) is 3.28. The number of hydrogen-bond acceptors (Lipinski definition) is 1. The van der Waals surface area contributed by atoms with Gasteiger partial charge in [0.25, 0.3) is 5.91 Å². The maximum Gasteiger partial charge on any atom is 0.251 e. The van der Waals surface area contributed by atoms with Crippen LogP contribution in [0.1, 0.15) is 46.9 Å². The van der Waals surface area contributed by atoms with Gasteiger partial charge in [-0.05, 0) is 55.2 Å². The van der Waals surface area contributed by atoms with Crippen LogP contribution in [-0.2, 0) is 6.42 Å². The first-order valence-corrected chi connectivity index (χ1v) is 7.17. The zero-order valence-corrected chi connectivity index (χ0v) is 12.6. The molecule has 0 spiro atoms. The summed E-state index contributed by atoms with van der Waals surface area (Å²) in [6, 6.07) is 12.5. The van der Waals surface area contributed by atoms with Crippen LogP contribution in [0.3, 0.4) is 0 Å². The summed E-state index contributed by atoms with van der Waals surface area (Å²) < 4.78 is 13.2. The maximum atomic E-state index is 13.2. The summed E-state index contributed by atoms with van der Waals surface area (Å²) in [6.45, 7) is 5.70. The van der Waals surface area contributed by atoms with Crippen LogP contribution in [0.4, 0.5) is 4.39 Å². The Kier molecular flexibility index (Phi) is 4.73. The largest absolute Gasteiger partial charge is 0.346 e. The van der Waals surface area contributed by atoms with Gasteiger partial charge in [0.2, 0.25) is 0 Å². The molecule has 0 saturated heterocycles. The molecule has 110 valence electrons. The predicted molar refractivity (Wildman–Crippen MR) is 82.8 cm³/mol. The number of carbonyl (C=O) groups excluding carboxylic acids is 1. The Morgan fingerprint density at radius 2 is 1.86 bits per heavy atom. The summed E-state index contributed by atoms with van der Waals surface area (Å²) >= 11 is 0. The fraction of sp³-hybridized carbons (Fsp3) is 0.278. The molecule has 0 aromatic heterocycles. The van der Waals surface area contributed by atoms with Crippen molar-refractivity contribution in [2.75, 3.05) is 0 Å². The third kappa shape index (κ3) is 3.69. The Hall–Kier alpha value is -2.16. The highest BCUT2D eigenvalue weighted by Crippen LogP contribution is 2.15. The molecule has 2 aromatic carbocycles. The average Bonchev–Trinajstić information content (AvgIpc) is 2.50. The number of carbonyl (C=O) groups is 1. The number of aryl methyl sites for hydroxylation is 2. The highest BCUT2D eigenvalue weighted by Gasteiger charge is 2.12. The molecule has 0 aliphatic rings. The molecule has 2 rings (SSSR count). The minimum atomic E-state index is -0.297. The lowest BCUT2D eigenvalue weighted by Crippen LogP contribution is -2.26. The molecule has 0 aliphatic heterocycles. The van der Waals surface area contributed by atoms with E-state index in [2.05, 4.69) is 24.4 Å². The molecule has 1 atom stereocenters. The van der Waals surface area contributed by atoms with Crippen molar-refractivity contribution in [1.29, 1.82) is 0 Å². The van der Waals surface area contributed by atoms with Crippen LogP contribution in [0.5, 0.6) is 0 Å². The van der Waals surface area contributed by atoms with Gasteiger partial charge in [-0.1, -0.05) is 31.2 Å². The second kappa shape index (κ2) is 6.53. The van der Waals surface area contributed by atoms with Crippen molar-refractivity contribution in [2.45, 2.75) is 33.2 Å². The fourth-order valence-electron chi connectivity index (χ4n) is 2.19. The van der Waals surface area contributed by atoms with Gasteiger partial charge in [0.05, 0.1) is 6.04 Å². The van der Waals surface area contributed by atoms with Crippen LogP contribution in [0.2, 0.25) is 0 Å². The minimum Gasteiger partial charge on any atom is -0.346 e. The van der Waals surface area contributed by atoms with Crippen molar-refractivity contribution < 1.29 is 9.18 Å². The standard InChI is InChI=1S/C18H20FNO/c1-4-14-5-7-15(8-6-14)13(3)20-18(21)16-9-10-17(19)12(2)11-16/h5-11,13H,4H2,1-3H3,(H,20,21). The fourth-order valence-corrected chi connectivity index (χ4v) is 2.19. The lowest BCUT2D eigenvalue weighted by Gasteiger charge is -2.15. The molecule has 1 unspecified atom stereocenters. The summed E-state index contributed by atoms with van der Waals surface area (Å²) in [6.07, 6.45) is 0.996. The quantitative estimate of drug-likeness (QED) is 0.896. The minimum absolute atomic E-state index is 0.0891. The molecule has 2 nitrogen and oxygen atoms in total. The molecular weight excluding hydrogens is 265 g/mol. The summed E-state index contributed by atoms with van der Waals surface area (Å²) in [7, 11) is 0. The van der Waals surface area contributed by atoms with E-state index in [1.807, 2.05) is 19.1 Å². The Bertz CT molecular complexity index is 634. The first kappa shape index (κ1) is 15.2. The van der Waals surface area contributed by atoms with E-state index >= 15 is 0 Å². The highest BCUT2D eigenvalue weighted by molar-refractivity contribution is 5.94. The van der Waals surface area contributed by atoms with Gasteiger partial charge in [0, 0.05) is 5.56 Å². The molecule has 0 radical (unpaired) electrons. The normalized spacial score (nSPS) is 12.0. The number of nitrogens with one attached hydrogen (secondary N) is 1. The molecule has 0 saturated carbocycles. The molecular formula is C18H20FNO. The van der Waals surface area contributed by atoms with Gasteiger partial charge >= 0.3 is 0 Å². The van der Waals surface area contributed by atoms with Gasteiger partial charge in [-0.15, -0.1) is 0 Å². The molecule has 0 fully saturated rings. The smallest absolute Gasteiger partial charge is 0.251 e. The van der Waals surface area contributed by atoms with Crippen molar-refractivity contribution in [2.24, 2.45) is 0 Å². The van der Waals surface area contributed by atoms with E-state index < -0.39 is 0 Å². The summed E-state index contributed by atoms with van der Waals surface area (Å²) in [4.78, 5) is 12.2. The lowest BCUT2D eigenvalue weighted by molar-refractivity contribution is 0.0939. The van der Waals surface area contributed by atoms with Crippen LogP contribution >= 0.6 is 0 Å². The zero-order valence-electron chi connectivity index (χ0n) is 12.6. The van der Waals surface area contributed by atoms with Crippen molar-refractivity contribution in [1.82, 2.24) is 5.32 Å². The number of benzene rings is 2. The molecule has 21 heavy (non-hydrogen) atoms. The van der Waals surface area contributed by atoms with Crippen LogP contribution < -0.4 is 5.32 Å². The second-order valence-corrected chi connectivity index (χ2v) is 5.25. The van der Waals surface area contributed by atoms with Crippen molar-refractivity contribution in [3.63, 3.8) is 0 Å². The molecule has 1 N–H and O–H groups in total. The van der Waals surface area contributed by atoms with Gasteiger partial charge in [0.1, 0.15) is 5.82 Å². The van der Waals surface area contributed by atoms with E-state index in [-0.39, 0.29) is 17.8 Å². The maximum absolute atomic E-state index is 13.2. The van der Waals surface area contributed by atoms with Crippen LogP contribution in [0, 0.1) is 12.7 Å².